The highest BCUT2D eigenvalue weighted by Crippen LogP contribution is 2.31. The first kappa shape index (κ1) is 21.3. The first-order valence-electron chi connectivity index (χ1n) is 10.8. The number of benzene rings is 1. The van der Waals surface area contributed by atoms with E-state index in [1.54, 1.807) is 18.3 Å². The highest BCUT2D eigenvalue weighted by Gasteiger charge is 2.27. The van der Waals surface area contributed by atoms with Crippen LogP contribution in [0.4, 0.5) is 4.39 Å². The molecule has 4 rings (SSSR count). The molecule has 0 saturated heterocycles. The molecule has 3 aromatic rings. The molecule has 1 aliphatic carbocycles. The summed E-state index contributed by atoms with van der Waals surface area (Å²) >= 11 is 0. The van der Waals surface area contributed by atoms with Gasteiger partial charge in [0, 0.05) is 11.9 Å². The van der Waals surface area contributed by atoms with Crippen molar-refractivity contribution in [2.24, 2.45) is 5.92 Å². The number of nitrogens with zero attached hydrogens (tertiary/aromatic N) is 3. The summed E-state index contributed by atoms with van der Waals surface area (Å²) in [5.41, 5.74) is 1.27. The lowest BCUT2D eigenvalue weighted by Gasteiger charge is -2.27. The van der Waals surface area contributed by atoms with Crippen molar-refractivity contribution in [3.05, 3.63) is 70.3 Å². The lowest BCUT2D eigenvalue weighted by Crippen LogP contribution is -2.33. The number of pyridine rings is 1. The Kier molecular flexibility index (Phi) is 6.51. The first-order chi connectivity index (χ1) is 15.0. The van der Waals surface area contributed by atoms with Gasteiger partial charge in [0.05, 0.1) is 36.3 Å². The Balaban J connectivity index is 1.68. The predicted molar refractivity (Wildman–Crippen MR) is 115 cm³/mol. The van der Waals surface area contributed by atoms with E-state index in [9.17, 15) is 19.1 Å². The van der Waals surface area contributed by atoms with Crippen molar-refractivity contribution in [3.63, 3.8) is 0 Å². The topological polar surface area (TPSA) is 85.1 Å². The summed E-state index contributed by atoms with van der Waals surface area (Å²) in [6, 6.07) is 6.70. The number of fused-ring (bicyclic) bond motifs is 1. The number of ketones is 1. The largest absolute Gasteiger partial charge is 0.392 e. The second kappa shape index (κ2) is 9.47. The van der Waals surface area contributed by atoms with Gasteiger partial charge < -0.3 is 5.11 Å². The minimum absolute atomic E-state index is 0.0801. The molecule has 2 aromatic heterocycles. The van der Waals surface area contributed by atoms with Crippen molar-refractivity contribution < 1.29 is 14.3 Å². The molecule has 1 N–H and O–H groups in total. The summed E-state index contributed by atoms with van der Waals surface area (Å²) in [6.45, 7) is -0.111. The van der Waals surface area contributed by atoms with Crippen LogP contribution in [0.15, 0.2) is 47.7 Å². The number of aromatic nitrogens is 3. The molecule has 31 heavy (non-hydrogen) atoms. The van der Waals surface area contributed by atoms with Crippen LogP contribution in [0.3, 0.4) is 0 Å². The molecule has 0 amide bonds. The summed E-state index contributed by atoms with van der Waals surface area (Å²) in [7, 11) is 0. The second-order valence-corrected chi connectivity index (χ2v) is 8.33. The number of rotatable bonds is 7. The predicted octanol–water partition coefficient (Wildman–Crippen LogP) is 3.75. The molecule has 7 heteroatoms. The van der Waals surface area contributed by atoms with Crippen molar-refractivity contribution in [2.45, 2.75) is 57.6 Å². The molecule has 1 fully saturated rings. The number of Topliss-reactive ketones (excluding diaryl/α,β-unsaturated/α-hetero) is 1. The Labute approximate surface area is 179 Å². The van der Waals surface area contributed by atoms with E-state index in [0.29, 0.717) is 29.1 Å². The first-order valence-corrected chi connectivity index (χ1v) is 10.8. The van der Waals surface area contributed by atoms with Gasteiger partial charge in [-0.3, -0.25) is 19.1 Å². The highest BCUT2D eigenvalue weighted by atomic mass is 19.1. The van der Waals surface area contributed by atoms with Gasteiger partial charge in [-0.15, -0.1) is 0 Å². The van der Waals surface area contributed by atoms with Crippen molar-refractivity contribution in [2.75, 3.05) is 0 Å². The summed E-state index contributed by atoms with van der Waals surface area (Å²) in [5.74, 6) is -0.260. The van der Waals surface area contributed by atoms with E-state index in [2.05, 4.69) is 9.97 Å². The van der Waals surface area contributed by atoms with Gasteiger partial charge in [0.25, 0.3) is 5.56 Å². The molecule has 1 aliphatic rings. The number of hydrogen-bond acceptors (Lipinski definition) is 5. The normalized spacial score (nSPS) is 15.8. The molecule has 1 unspecified atom stereocenters. The molecule has 162 valence electrons. The third-order valence-electron chi connectivity index (χ3n) is 6.16. The highest BCUT2D eigenvalue weighted by molar-refractivity contribution is 5.85. The molecular formula is C24H26FN3O3. The number of halogens is 1. The fraction of sp³-hybridized carbons (Fsp3) is 0.417. The summed E-state index contributed by atoms with van der Waals surface area (Å²) in [6.07, 6.45) is 9.15. The molecule has 6 nitrogen and oxygen atoms in total. The van der Waals surface area contributed by atoms with Gasteiger partial charge in [-0.2, -0.15) is 0 Å². The summed E-state index contributed by atoms with van der Waals surface area (Å²) in [4.78, 5) is 35.1. The van der Waals surface area contributed by atoms with Crippen LogP contribution >= 0.6 is 0 Å². The number of carbonyl (C=O) groups is 1. The SMILES string of the molecule is O=C(Cc1ccc(CO)cn1)C(CC1CCCCC1)n1cnc2ccc(F)cc2c1=O. The van der Waals surface area contributed by atoms with Crippen LogP contribution in [0.1, 0.15) is 55.8 Å². The minimum Gasteiger partial charge on any atom is -0.392 e. The monoisotopic (exact) mass is 423 g/mol. The van der Waals surface area contributed by atoms with Crippen molar-refractivity contribution in [1.29, 1.82) is 0 Å². The zero-order valence-corrected chi connectivity index (χ0v) is 17.3. The van der Waals surface area contributed by atoms with Crippen LogP contribution < -0.4 is 5.56 Å². The number of aliphatic hydroxyl groups is 1. The van der Waals surface area contributed by atoms with Crippen LogP contribution in [0.5, 0.6) is 0 Å². The van der Waals surface area contributed by atoms with Crippen molar-refractivity contribution >= 4 is 16.7 Å². The maximum Gasteiger partial charge on any atom is 0.261 e. The molecule has 0 bridgehead atoms. The van der Waals surface area contributed by atoms with E-state index in [1.807, 2.05) is 0 Å². The van der Waals surface area contributed by atoms with Crippen LogP contribution in [0, 0.1) is 11.7 Å². The van der Waals surface area contributed by atoms with Crippen LogP contribution in [-0.2, 0) is 17.8 Å². The molecule has 0 radical (unpaired) electrons. The van der Waals surface area contributed by atoms with E-state index in [1.165, 1.54) is 35.5 Å². The number of carbonyl (C=O) groups excluding carboxylic acids is 1. The van der Waals surface area contributed by atoms with Gasteiger partial charge in [0.2, 0.25) is 0 Å². The third kappa shape index (κ3) is 4.88. The van der Waals surface area contributed by atoms with Crippen molar-refractivity contribution in [3.8, 4) is 0 Å². The molecule has 0 aliphatic heterocycles. The maximum absolute atomic E-state index is 13.8. The van der Waals surface area contributed by atoms with E-state index in [0.717, 1.165) is 25.7 Å². The summed E-state index contributed by atoms with van der Waals surface area (Å²) < 4.78 is 15.1. The smallest absolute Gasteiger partial charge is 0.261 e. The number of aliphatic hydroxyl groups excluding tert-OH is 1. The van der Waals surface area contributed by atoms with E-state index < -0.39 is 17.4 Å². The molecule has 1 atom stereocenters. The van der Waals surface area contributed by atoms with E-state index >= 15 is 0 Å². The van der Waals surface area contributed by atoms with Crippen LogP contribution in [-0.4, -0.2) is 25.4 Å². The van der Waals surface area contributed by atoms with Gasteiger partial charge >= 0.3 is 0 Å². The van der Waals surface area contributed by atoms with Gasteiger partial charge in [0.1, 0.15) is 5.82 Å². The fourth-order valence-electron chi connectivity index (χ4n) is 4.42. The van der Waals surface area contributed by atoms with Crippen LogP contribution in [0.2, 0.25) is 0 Å². The lowest BCUT2D eigenvalue weighted by atomic mass is 9.83. The molecule has 2 heterocycles. The van der Waals surface area contributed by atoms with Crippen LogP contribution in [0.25, 0.3) is 10.9 Å². The maximum atomic E-state index is 13.8. The Morgan fingerprint density at radius 2 is 1.97 bits per heavy atom. The van der Waals surface area contributed by atoms with E-state index in [4.69, 9.17) is 0 Å². The average Bonchev–Trinajstić information content (AvgIpc) is 2.79. The lowest BCUT2D eigenvalue weighted by molar-refractivity contribution is -0.122. The zero-order chi connectivity index (χ0) is 21.8. The number of hydrogen-bond donors (Lipinski definition) is 1. The van der Waals surface area contributed by atoms with Gasteiger partial charge in [0.15, 0.2) is 5.78 Å². The molecular weight excluding hydrogens is 397 g/mol. The average molecular weight is 423 g/mol. The minimum atomic E-state index is -0.671. The van der Waals surface area contributed by atoms with Gasteiger partial charge in [-0.1, -0.05) is 38.2 Å². The molecule has 1 saturated carbocycles. The third-order valence-corrected chi connectivity index (χ3v) is 6.16. The molecule has 0 spiro atoms. The van der Waals surface area contributed by atoms with E-state index in [-0.39, 0.29) is 24.2 Å². The molecule has 1 aromatic carbocycles. The standard InChI is InChI=1S/C24H26FN3O3/c25-18-7-9-21-20(11-18)24(31)28(15-27-21)22(10-16-4-2-1-3-5-16)23(30)12-19-8-6-17(14-29)13-26-19/h6-9,11,13,15-16,22,29H,1-5,10,12,14H2. The Bertz CT molecular complexity index is 1120. The second-order valence-electron chi connectivity index (χ2n) is 8.33. The quantitative estimate of drug-likeness (QED) is 0.626. The summed E-state index contributed by atoms with van der Waals surface area (Å²) in [5, 5.41) is 9.36. The zero-order valence-electron chi connectivity index (χ0n) is 17.3. The van der Waals surface area contributed by atoms with Crippen molar-refractivity contribution in [1.82, 2.24) is 14.5 Å². The Hall–Kier alpha value is -2.93. The Morgan fingerprint density at radius 3 is 2.68 bits per heavy atom. The van der Waals surface area contributed by atoms with Gasteiger partial charge in [-0.05, 0) is 42.2 Å². The Morgan fingerprint density at radius 1 is 1.16 bits per heavy atom. The van der Waals surface area contributed by atoms with Gasteiger partial charge in [-0.25, -0.2) is 9.37 Å². The fourth-order valence-corrected chi connectivity index (χ4v) is 4.42.